The highest BCUT2D eigenvalue weighted by molar-refractivity contribution is 9.10. The lowest BCUT2D eigenvalue weighted by Crippen LogP contribution is -2.32. The topological polar surface area (TPSA) is 29.1 Å². The predicted octanol–water partition coefficient (Wildman–Crippen LogP) is 2.57. The van der Waals surface area contributed by atoms with Gasteiger partial charge in [-0.05, 0) is 31.5 Å². The molecule has 2 nitrogen and oxygen atoms in total. The first kappa shape index (κ1) is 9.65. The molecule has 4 heteroatoms. The molecule has 1 N–H and O–H groups in total. The lowest BCUT2D eigenvalue weighted by molar-refractivity contribution is 0.0937. The molecule has 0 saturated carbocycles. The molecule has 2 rings (SSSR count). The highest BCUT2D eigenvalue weighted by atomic mass is 79.9. The van der Waals surface area contributed by atoms with Gasteiger partial charge in [0.2, 0.25) is 0 Å². The number of rotatable bonds is 0. The molecule has 0 bridgehead atoms. The molecular weight excluding hydrogens is 249 g/mol. The first-order chi connectivity index (χ1) is 6.42. The van der Waals surface area contributed by atoms with Gasteiger partial charge in [-0.3, -0.25) is 4.79 Å². The minimum atomic E-state index is -0.489. The third-order valence-electron chi connectivity index (χ3n) is 2.38. The van der Waals surface area contributed by atoms with Gasteiger partial charge in [0.25, 0.3) is 5.91 Å². The van der Waals surface area contributed by atoms with Gasteiger partial charge in [-0.25, -0.2) is 4.39 Å². The van der Waals surface area contributed by atoms with Crippen molar-refractivity contribution in [2.45, 2.75) is 19.4 Å². The van der Waals surface area contributed by atoms with E-state index in [1.54, 1.807) is 6.07 Å². The summed E-state index contributed by atoms with van der Waals surface area (Å²) in [4.78, 5) is 11.4. The zero-order chi connectivity index (χ0) is 10.5. The second-order valence-corrected chi connectivity index (χ2v) is 4.80. The molecule has 1 aromatic carbocycles. The summed E-state index contributed by atoms with van der Waals surface area (Å²) < 4.78 is 14.1. The average molecular weight is 258 g/mol. The molecule has 1 aromatic rings. The van der Waals surface area contributed by atoms with E-state index in [4.69, 9.17) is 0 Å². The zero-order valence-corrected chi connectivity index (χ0v) is 9.40. The van der Waals surface area contributed by atoms with Crippen LogP contribution in [0.1, 0.15) is 29.8 Å². The Hall–Kier alpha value is -0.900. The van der Waals surface area contributed by atoms with Crippen LogP contribution in [0.2, 0.25) is 0 Å². The molecule has 1 aliphatic heterocycles. The fourth-order valence-electron chi connectivity index (χ4n) is 1.71. The third kappa shape index (κ3) is 1.25. The predicted molar refractivity (Wildman–Crippen MR) is 54.6 cm³/mol. The van der Waals surface area contributed by atoms with Crippen molar-refractivity contribution in [2.75, 3.05) is 0 Å². The van der Waals surface area contributed by atoms with Gasteiger partial charge >= 0.3 is 0 Å². The second kappa shape index (κ2) is 2.79. The average Bonchev–Trinajstić information content (AvgIpc) is 2.21. The zero-order valence-electron chi connectivity index (χ0n) is 7.82. The van der Waals surface area contributed by atoms with Crippen molar-refractivity contribution < 1.29 is 9.18 Å². The van der Waals surface area contributed by atoms with Crippen LogP contribution in [0.25, 0.3) is 0 Å². The van der Waals surface area contributed by atoms with Crippen molar-refractivity contribution in [2.24, 2.45) is 0 Å². The number of hydrogen-bond acceptors (Lipinski definition) is 1. The van der Waals surface area contributed by atoms with Crippen molar-refractivity contribution in [3.63, 3.8) is 0 Å². The number of benzene rings is 1. The normalized spacial score (nSPS) is 17.9. The maximum atomic E-state index is 13.5. The molecule has 0 saturated heterocycles. The van der Waals surface area contributed by atoms with E-state index in [9.17, 15) is 9.18 Å². The molecule has 0 aliphatic carbocycles. The number of hydrogen-bond donors (Lipinski definition) is 1. The van der Waals surface area contributed by atoms with E-state index in [2.05, 4.69) is 21.2 Å². The Kier molecular flexibility index (Phi) is 1.93. The quantitative estimate of drug-likeness (QED) is 0.761. The summed E-state index contributed by atoms with van der Waals surface area (Å²) in [6.45, 7) is 3.70. The van der Waals surface area contributed by atoms with Crippen molar-refractivity contribution in [1.29, 1.82) is 0 Å². The Morgan fingerprint density at radius 3 is 2.71 bits per heavy atom. The van der Waals surface area contributed by atoms with Crippen molar-refractivity contribution >= 4 is 21.8 Å². The van der Waals surface area contributed by atoms with Gasteiger partial charge < -0.3 is 5.32 Å². The Bertz CT molecular complexity index is 428. The summed E-state index contributed by atoms with van der Waals surface area (Å²) >= 11 is 3.21. The smallest absolute Gasteiger partial charge is 0.255 e. The van der Waals surface area contributed by atoms with Crippen LogP contribution < -0.4 is 5.32 Å². The summed E-state index contributed by atoms with van der Waals surface area (Å²) in [5.41, 5.74) is 0.379. The van der Waals surface area contributed by atoms with Crippen molar-refractivity contribution in [1.82, 2.24) is 5.32 Å². The molecule has 0 fully saturated rings. The van der Waals surface area contributed by atoms with Crippen LogP contribution >= 0.6 is 15.9 Å². The monoisotopic (exact) mass is 257 g/mol. The van der Waals surface area contributed by atoms with E-state index in [1.165, 1.54) is 6.07 Å². The van der Waals surface area contributed by atoms with E-state index >= 15 is 0 Å². The fraction of sp³-hybridized carbons (Fsp3) is 0.300. The van der Waals surface area contributed by atoms with E-state index in [1.807, 2.05) is 13.8 Å². The summed E-state index contributed by atoms with van der Waals surface area (Å²) in [6.07, 6.45) is 0. The van der Waals surface area contributed by atoms with E-state index in [-0.39, 0.29) is 11.5 Å². The molecule has 74 valence electrons. The van der Waals surface area contributed by atoms with Gasteiger partial charge in [-0.1, -0.05) is 15.9 Å². The SMILES string of the molecule is CC1(C)NC(=O)c2c(F)cc(Br)cc21. The minimum Gasteiger partial charge on any atom is -0.343 e. The molecule has 0 radical (unpaired) electrons. The van der Waals surface area contributed by atoms with E-state index in [0.717, 1.165) is 0 Å². The summed E-state index contributed by atoms with van der Waals surface area (Å²) in [5, 5.41) is 2.73. The number of carbonyl (C=O) groups excluding carboxylic acids is 1. The second-order valence-electron chi connectivity index (χ2n) is 3.89. The third-order valence-corrected chi connectivity index (χ3v) is 2.84. The highest BCUT2D eigenvalue weighted by Crippen LogP contribution is 2.34. The number of carbonyl (C=O) groups is 1. The molecule has 0 unspecified atom stereocenters. The molecule has 1 aliphatic rings. The summed E-state index contributed by atoms with van der Waals surface area (Å²) in [5.74, 6) is -0.813. The van der Waals surface area contributed by atoms with Gasteiger partial charge in [-0.2, -0.15) is 0 Å². The summed E-state index contributed by atoms with van der Waals surface area (Å²) in [7, 11) is 0. The minimum absolute atomic E-state index is 0.165. The lowest BCUT2D eigenvalue weighted by atomic mass is 9.94. The van der Waals surface area contributed by atoms with Crippen molar-refractivity contribution in [3.8, 4) is 0 Å². The van der Waals surface area contributed by atoms with Crippen molar-refractivity contribution in [3.05, 3.63) is 33.5 Å². The Morgan fingerprint density at radius 1 is 1.43 bits per heavy atom. The van der Waals surface area contributed by atoms with Crippen LogP contribution in [0.4, 0.5) is 4.39 Å². The standard InChI is InChI=1S/C10H9BrFNO/c1-10(2)6-3-5(11)4-7(12)8(6)9(14)13-10/h3-4H,1-2H3,(H,13,14). The van der Waals surface area contributed by atoms with Crippen LogP contribution in [0.5, 0.6) is 0 Å². The maximum absolute atomic E-state index is 13.5. The molecule has 1 heterocycles. The molecule has 0 aromatic heterocycles. The van der Waals surface area contributed by atoms with E-state index in [0.29, 0.717) is 10.0 Å². The Labute approximate surface area is 89.6 Å². The lowest BCUT2D eigenvalue weighted by Gasteiger charge is -2.18. The summed E-state index contributed by atoms with van der Waals surface area (Å²) in [6, 6.07) is 3.08. The van der Waals surface area contributed by atoms with Crippen LogP contribution in [-0.2, 0) is 5.54 Å². The van der Waals surface area contributed by atoms with Crippen LogP contribution in [0, 0.1) is 5.82 Å². The first-order valence-corrected chi connectivity index (χ1v) is 5.03. The molecular formula is C10H9BrFNO. The number of nitrogens with one attached hydrogen (secondary N) is 1. The number of fused-ring (bicyclic) bond motifs is 1. The van der Waals surface area contributed by atoms with Gasteiger partial charge in [0.1, 0.15) is 5.82 Å². The van der Waals surface area contributed by atoms with Crippen LogP contribution in [-0.4, -0.2) is 5.91 Å². The van der Waals surface area contributed by atoms with Crippen LogP contribution in [0.15, 0.2) is 16.6 Å². The molecule has 0 atom stereocenters. The maximum Gasteiger partial charge on any atom is 0.255 e. The Morgan fingerprint density at radius 2 is 2.07 bits per heavy atom. The molecule has 0 spiro atoms. The number of amides is 1. The van der Waals surface area contributed by atoms with Gasteiger partial charge in [0.05, 0.1) is 11.1 Å². The fourth-order valence-corrected chi connectivity index (χ4v) is 2.14. The first-order valence-electron chi connectivity index (χ1n) is 4.24. The highest BCUT2D eigenvalue weighted by Gasteiger charge is 2.37. The molecule has 1 amide bonds. The van der Waals surface area contributed by atoms with E-state index < -0.39 is 11.4 Å². The molecule has 14 heavy (non-hydrogen) atoms. The number of halogens is 2. The van der Waals surface area contributed by atoms with Gasteiger partial charge in [0, 0.05) is 4.47 Å². The van der Waals surface area contributed by atoms with Crippen LogP contribution in [0.3, 0.4) is 0 Å². The van der Waals surface area contributed by atoms with Gasteiger partial charge in [0.15, 0.2) is 0 Å². The Balaban J connectivity index is 2.75. The largest absolute Gasteiger partial charge is 0.343 e. The van der Waals surface area contributed by atoms with Gasteiger partial charge in [-0.15, -0.1) is 0 Å².